The minimum Gasteiger partial charge on any atom is -0.493 e. The number of aliphatic carboxylic acids is 1. The van der Waals surface area contributed by atoms with Crippen LogP contribution in [0.15, 0.2) is 12.1 Å². The number of carbonyl (C=O) groups is 1. The number of nitrogens with zero attached hydrogens (tertiary/aromatic N) is 1. The van der Waals surface area contributed by atoms with Crippen molar-refractivity contribution in [1.82, 2.24) is 4.90 Å². The average molecular weight is 349 g/mol. The highest BCUT2D eigenvalue weighted by Gasteiger charge is 2.54. The van der Waals surface area contributed by atoms with Gasteiger partial charge in [0.15, 0.2) is 11.5 Å². The molecule has 0 bridgehead atoms. The third-order valence-corrected chi connectivity index (χ3v) is 5.59. The van der Waals surface area contributed by atoms with Crippen LogP contribution in [0.1, 0.15) is 43.7 Å². The Morgan fingerprint density at radius 3 is 2.80 bits per heavy atom. The van der Waals surface area contributed by atoms with Crippen molar-refractivity contribution in [3.8, 4) is 11.5 Å². The Labute approximate surface area is 148 Å². The van der Waals surface area contributed by atoms with E-state index in [0.29, 0.717) is 0 Å². The first-order valence-corrected chi connectivity index (χ1v) is 8.80. The van der Waals surface area contributed by atoms with Crippen molar-refractivity contribution in [3.05, 3.63) is 23.3 Å². The molecule has 0 amide bonds. The van der Waals surface area contributed by atoms with Crippen LogP contribution < -0.4 is 9.47 Å². The number of benzene rings is 1. The summed E-state index contributed by atoms with van der Waals surface area (Å²) < 4.78 is 11.8. The fourth-order valence-electron chi connectivity index (χ4n) is 4.50. The summed E-state index contributed by atoms with van der Waals surface area (Å²) >= 11 is 0. The second-order valence-corrected chi connectivity index (χ2v) is 7.33. The number of aliphatic hydroxyl groups excluding tert-OH is 1. The highest BCUT2D eigenvalue weighted by molar-refractivity contribution is 5.63. The highest BCUT2D eigenvalue weighted by atomic mass is 16.5. The van der Waals surface area contributed by atoms with Crippen LogP contribution in [0, 0.1) is 0 Å². The van der Waals surface area contributed by atoms with Crippen LogP contribution in [0.4, 0.5) is 0 Å². The van der Waals surface area contributed by atoms with E-state index >= 15 is 0 Å². The summed E-state index contributed by atoms with van der Waals surface area (Å²) in [7, 11) is 3.88. The Morgan fingerprint density at radius 1 is 1.40 bits per heavy atom. The predicted octanol–water partition coefficient (Wildman–Crippen LogP) is 2.17. The van der Waals surface area contributed by atoms with E-state index in [1.807, 2.05) is 6.07 Å². The van der Waals surface area contributed by atoms with Gasteiger partial charge in [0.1, 0.15) is 6.10 Å². The van der Waals surface area contributed by atoms with E-state index in [2.05, 4.69) is 18.0 Å². The molecular formula is C19H27NO5. The number of carboxylic acid groups (broad SMARTS) is 1. The maximum Gasteiger partial charge on any atom is 0.300 e. The third-order valence-electron chi connectivity index (χ3n) is 5.59. The zero-order valence-electron chi connectivity index (χ0n) is 15.1. The zero-order chi connectivity index (χ0) is 18.2. The molecule has 2 heterocycles. The van der Waals surface area contributed by atoms with E-state index in [1.54, 1.807) is 7.11 Å². The quantitative estimate of drug-likeness (QED) is 0.809. The lowest BCUT2D eigenvalue weighted by Gasteiger charge is -2.40. The van der Waals surface area contributed by atoms with E-state index in [-0.39, 0.29) is 17.6 Å². The average Bonchev–Trinajstić information content (AvgIpc) is 2.79. The first-order valence-electron chi connectivity index (χ1n) is 8.80. The van der Waals surface area contributed by atoms with Crippen molar-refractivity contribution >= 4 is 5.97 Å². The molecule has 2 N–H and O–H groups in total. The number of hydrogen-bond donors (Lipinski definition) is 2. The van der Waals surface area contributed by atoms with Gasteiger partial charge < -0.3 is 24.6 Å². The fraction of sp³-hybridized carbons (Fsp3) is 0.632. The normalized spacial score (nSPS) is 30.1. The lowest BCUT2D eigenvalue weighted by atomic mass is 9.65. The zero-order valence-corrected chi connectivity index (χ0v) is 15.1. The molecule has 25 heavy (non-hydrogen) atoms. The molecule has 1 aromatic rings. The molecule has 1 saturated carbocycles. The maximum atomic E-state index is 10.1. The van der Waals surface area contributed by atoms with Crippen LogP contribution in [0.3, 0.4) is 0 Å². The second-order valence-electron chi connectivity index (χ2n) is 7.33. The molecule has 1 aromatic carbocycles. The Hall–Kier alpha value is -1.79. The van der Waals surface area contributed by atoms with E-state index < -0.39 is 5.97 Å². The van der Waals surface area contributed by atoms with E-state index in [9.17, 15) is 5.11 Å². The number of hydrogen-bond acceptors (Lipinski definition) is 5. The minimum atomic E-state index is -0.833. The van der Waals surface area contributed by atoms with Crippen LogP contribution in [0.5, 0.6) is 11.5 Å². The molecule has 6 nitrogen and oxygen atoms in total. The monoisotopic (exact) mass is 349 g/mol. The smallest absolute Gasteiger partial charge is 0.300 e. The van der Waals surface area contributed by atoms with Gasteiger partial charge in [-0.15, -0.1) is 0 Å². The molecule has 1 spiro atoms. The summed E-state index contributed by atoms with van der Waals surface area (Å²) in [5, 5.41) is 17.5. The molecule has 3 aliphatic rings. The molecule has 0 radical (unpaired) electrons. The van der Waals surface area contributed by atoms with Gasteiger partial charge in [0.25, 0.3) is 5.97 Å². The number of aliphatic hydroxyl groups is 1. The van der Waals surface area contributed by atoms with Gasteiger partial charge >= 0.3 is 0 Å². The molecule has 2 aliphatic heterocycles. The summed E-state index contributed by atoms with van der Waals surface area (Å²) in [5.41, 5.74) is 2.80. The van der Waals surface area contributed by atoms with E-state index in [1.165, 1.54) is 11.1 Å². The van der Waals surface area contributed by atoms with Crippen molar-refractivity contribution < 1.29 is 24.5 Å². The first-order chi connectivity index (χ1) is 11.9. The number of carboxylic acids is 1. The minimum absolute atomic E-state index is 0.0726. The van der Waals surface area contributed by atoms with Gasteiger partial charge in [-0.25, -0.2) is 0 Å². The summed E-state index contributed by atoms with van der Waals surface area (Å²) in [4.78, 5) is 11.4. The van der Waals surface area contributed by atoms with Crippen molar-refractivity contribution in [3.63, 3.8) is 0 Å². The molecule has 1 aliphatic carbocycles. The van der Waals surface area contributed by atoms with Crippen LogP contribution in [-0.4, -0.2) is 54.0 Å². The third kappa shape index (κ3) is 3.20. The standard InChI is InChI=1S/C17H23NO3.C2H4O2/c1-18-8-7-17-6-5-12(19)9-14(17)21-16-13(20-2)4-3-11(10-18)15(16)17;1-2(3)4/h3-4,12,14,19H,5-10H2,1-2H3;1H3,(H,3,4)/t12-,14-,17-;/m0./s1. The molecule has 0 aromatic heterocycles. The van der Waals surface area contributed by atoms with Gasteiger partial charge in [0, 0.05) is 30.9 Å². The predicted molar refractivity (Wildman–Crippen MR) is 93.2 cm³/mol. The van der Waals surface area contributed by atoms with Crippen molar-refractivity contribution in [2.45, 2.75) is 56.8 Å². The topological polar surface area (TPSA) is 79.2 Å². The van der Waals surface area contributed by atoms with Gasteiger partial charge in [-0.3, -0.25) is 4.79 Å². The highest BCUT2D eigenvalue weighted by Crippen LogP contribution is 2.57. The SMILES string of the molecule is CC(=O)O.COc1ccc2c3c1O[C@H]1C[C@@H](O)CC[C@@]31CCN(C)C2. The van der Waals surface area contributed by atoms with Crippen LogP contribution in [0.2, 0.25) is 0 Å². The fourth-order valence-corrected chi connectivity index (χ4v) is 4.50. The van der Waals surface area contributed by atoms with Gasteiger partial charge in [0.05, 0.1) is 13.2 Å². The molecule has 138 valence electrons. The number of ether oxygens (including phenoxy) is 2. The van der Waals surface area contributed by atoms with Crippen molar-refractivity contribution in [2.24, 2.45) is 0 Å². The lowest BCUT2D eigenvalue weighted by Crippen LogP contribution is -2.45. The van der Waals surface area contributed by atoms with Gasteiger partial charge in [0.2, 0.25) is 0 Å². The lowest BCUT2D eigenvalue weighted by molar-refractivity contribution is -0.134. The summed E-state index contributed by atoms with van der Waals surface area (Å²) in [6, 6.07) is 4.22. The first kappa shape index (κ1) is 18.0. The maximum absolute atomic E-state index is 10.1. The van der Waals surface area contributed by atoms with Gasteiger partial charge in [-0.05, 0) is 44.5 Å². The molecule has 6 heteroatoms. The molecule has 3 atom stereocenters. The largest absolute Gasteiger partial charge is 0.493 e. The van der Waals surface area contributed by atoms with E-state index in [4.69, 9.17) is 19.4 Å². The summed E-state index contributed by atoms with van der Waals surface area (Å²) in [6.07, 6.45) is 3.59. The molecule has 4 rings (SSSR count). The Morgan fingerprint density at radius 2 is 2.12 bits per heavy atom. The summed E-state index contributed by atoms with van der Waals surface area (Å²) in [5.74, 6) is 0.936. The van der Waals surface area contributed by atoms with Crippen molar-refractivity contribution in [1.29, 1.82) is 0 Å². The van der Waals surface area contributed by atoms with E-state index in [0.717, 1.165) is 57.2 Å². The van der Waals surface area contributed by atoms with Gasteiger partial charge in [-0.2, -0.15) is 0 Å². The Balaban J connectivity index is 0.000000415. The van der Waals surface area contributed by atoms with Crippen molar-refractivity contribution in [2.75, 3.05) is 20.7 Å². The molecule has 0 unspecified atom stereocenters. The Kier molecular flexibility index (Phi) is 4.93. The Bertz CT molecular complexity index is 657. The van der Waals surface area contributed by atoms with Crippen LogP contribution >= 0.6 is 0 Å². The molecular weight excluding hydrogens is 322 g/mol. The summed E-state index contributed by atoms with van der Waals surface area (Å²) in [6.45, 7) is 3.12. The molecule has 1 fully saturated rings. The number of methoxy groups -OCH3 is 1. The van der Waals surface area contributed by atoms with Crippen LogP contribution in [0.25, 0.3) is 0 Å². The van der Waals surface area contributed by atoms with Gasteiger partial charge in [-0.1, -0.05) is 6.07 Å². The second kappa shape index (κ2) is 6.84. The number of rotatable bonds is 1. The van der Waals surface area contributed by atoms with Crippen LogP contribution in [-0.2, 0) is 16.8 Å². The molecule has 0 saturated heterocycles.